The van der Waals surface area contributed by atoms with Crippen LogP contribution in [0.2, 0.25) is 0 Å². The van der Waals surface area contributed by atoms with Gasteiger partial charge in [0.2, 0.25) is 0 Å². The van der Waals surface area contributed by atoms with Crippen molar-refractivity contribution in [2.24, 2.45) is 0 Å². The molecule has 0 aliphatic heterocycles. The first-order valence-electron chi connectivity index (χ1n) is 6.87. The molecule has 0 heterocycles. The molecule has 0 saturated carbocycles. The number of carbonyl (C=O) groups is 2. The average Bonchev–Trinajstić information content (AvgIpc) is 2.50. The smallest absolute Gasteiger partial charge is 0.386 e. The van der Waals surface area contributed by atoms with Gasteiger partial charge in [-0.2, -0.15) is 0 Å². The molecule has 5 heteroatoms. The van der Waals surface area contributed by atoms with Crippen LogP contribution >= 0.6 is 0 Å². The highest BCUT2D eigenvalue weighted by Crippen LogP contribution is 2.13. The fourth-order valence-corrected chi connectivity index (χ4v) is 1.67. The van der Waals surface area contributed by atoms with Gasteiger partial charge < -0.3 is 9.47 Å². The van der Waals surface area contributed by atoms with Crippen LogP contribution in [0.3, 0.4) is 0 Å². The van der Waals surface area contributed by atoms with E-state index in [1.54, 1.807) is 12.1 Å². The van der Waals surface area contributed by atoms with Crippen LogP contribution in [0.5, 0.6) is 5.75 Å². The number of esters is 1. The molecule has 0 fully saturated rings. The normalized spacial score (nSPS) is 9.90. The van der Waals surface area contributed by atoms with Crippen molar-refractivity contribution in [2.75, 3.05) is 13.2 Å². The Kier molecular flexibility index (Phi) is 7.64. The van der Waals surface area contributed by atoms with Gasteiger partial charge in [-0.15, -0.1) is 0 Å². The summed E-state index contributed by atoms with van der Waals surface area (Å²) in [7, 11) is 0. The Morgan fingerprint density at radius 3 is 2.19 bits per heavy atom. The molecular formula is C16H19O5. The third kappa shape index (κ3) is 7.15. The van der Waals surface area contributed by atoms with Gasteiger partial charge in [0.05, 0.1) is 18.8 Å². The zero-order chi connectivity index (χ0) is 15.5. The molecule has 0 aliphatic carbocycles. The first-order valence-corrected chi connectivity index (χ1v) is 6.87. The van der Waals surface area contributed by atoms with E-state index in [0.29, 0.717) is 19.0 Å². The van der Waals surface area contributed by atoms with E-state index in [1.165, 1.54) is 12.1 Å². The Morgan fingerprint density at radius 1 is 1.00 bits per heavy atom. The molecule has 1 aromatic carbocycles. The molecule has 21 heavy (non-hydrogen) atoms. The number of hydrogen-bond donors (Lipinski definition) is 0. The van der Waals surface area contributed by atoms with Crippen molar-refractivity contribution in [2.45, 2.75) is 25.7 Å². The van der Waals surface area contributed by atoms with Gasteiger partial charge in [0.15, 0.2) is 0 Å². The summed E-state index contributed by atoms with van der Waals surface area (Å²) in [6.07, 6.45) is 4.79. The Hall–Kier alpha value is -2.30. The van der Waals surface area contributed by atoms with Crippen LogP contribution in [0.1, 0.15) is 36.0 Å². The molecule has 0 bridgehead atoms. The van der Waals surface area contributed by atoms with Crippen LogP contribution in [-0.2, 0) is 14.6 Å². The molecule has 0 atom stereocenters. The first kappa shape index (κ1) is 16.8. The van der Waals surface area contributed by atoms with E-state index in [4.69, 9.17) is 9.47 Å². The van der Waals surface area contributed by atoms with Crippen LogP contribution in [0.25, 0.3) is 0 Å². The Balaban J connectivity index is 2.05. The van der Waals surface area contributed by atoms with Gasteiger partial charge in [-0.25, -0.2) is 14.7 Å². The Morgan fingerprint density at radius 2 is 1.62 bits per heavy atom. The second-order valence-electron chi connectivity index (χ2n) is 4.45. The average molecular weight is 291 g/mol. The molecule has 0 saturated heterocycles. The third-order valence-electron chi connectivity index (χ3n) is 2.81. The van der Waals surface area contributed by atoms with E-state index >= 15 is 0 Å². The Labute approximate surface area is 124 Å². The lowest BCUT2D eigenvalue weighted by Crippen LogP contribution is -2.02. The van der Waals surface area contributed by atoms with Gasteiger partial charge in [-0.3, -0.25) is 0 Å². The third-order valence-corrected chi connectivity index (χ3v) is 2.81. The molecule has 0 aromatic heterocycles. The maximum absolute atomic E-state index is 10.8. The predicted octanol–water partition coefficient (Wildman–Crippen LogP) is 2.93. The highest BCUT2D eigenvalue weighted by molar-refractivity contribution is 5.87. The summed E-state index contributed by atoms with van der Waals surface area (Å²) in [5.74, 6) is -0.947. The maximum Gasteiger partial charge on any atom is 0.386 e. The van der Waals surface area contributed by atoms with Gasteiger partial charge in [0.25, 0.3) is 0 Å². The monoisotopic (exact) mass is 291 g/mol. The van der Waals surface area contributed by atoms with Gasteiger partial charge >= 0.3 is 11.9 Å². The summed E-state index contributed by atoms with van der Waals surface area (Å²) >= 11 is 0. The van der Waals surface area contributed by atoms with Crippen molar-refractivity contribution in [3.63, 3.8) is 0 Å². The molecule has 0 aliphatic rings. The number of rotatable bonds is 10. The van der Waals surface area contributed by atoms with E-state index in [1.807, 2.05) is 0 Å². The lowest BCUT2D eigenvalue weighted by Gasteiger charge is -2.06. The van der Waals surface area contributed by atoms with Crippen LogP contribution < -0.4 is 4.74 Å². The molecular weight excluding hydrogens is 272 g/mol. The summed E-state index contributed by atoms with van der Waals surface area (Å²) in [5, 5.41) is 10.6. The molecule has 1 aromatic rings. The largest absolute Gasteiger partial charge is 0.494 e. The van der Waals surface area contributed by atoms with E-state index in [2.05, 4.69) is 6.58 Å². The van der Waals surface area contributed by atoms with Crippen LogP contribution in [0.4, 0.5) is 0 Å². The van der Waals surface area contributed by atoms with Crippen LogP contribution in [0, 0.1) is 0 Å². The second kappa shape index (κ2) is 9.58. The number of carbonyl (C=O) groups excluding carboxylic acids is 2. The molecule has 1 radical (unpaired) electrons. The summed E-state index contributed by atoms with van der Waals surface area (Å²) in [4.78, 5) is 21.3. The number of hydrogen-bond acceptors (Lipinski definition) is 4. The van der Waals surface area contributed by atoms with Gasteiger partial charge in [0.1, 0.15) is 5.75 Å². The Bertz CT molecular complexity index is 464. The highest BCUT2D eigenvalue weighted by Gasteiger charge is 2.04. The molecule has 1 rings (SSSR count). The minimum absolute atomic E-state index is 0.136. The molecule has 113 valence electrons. The summed E-state index contributed by atoms with van der Waals surface area (Å²) in [6.45, 7) is 4.30. The molecule has 5 nitrogen and oxygen atoms in total. The van der Waals surface area contributed by atoms with Crippen molar-refractivity contribution >= 4 is 11.9 Å². The fourth-order valence-electron chi connectivity index (χ4n) is 1.67. The van der Waals surface area contributed by atoms with Crippen molar-refractivity contribution in [1.29, 1.82) is 0 Å². The zero-order valence-corrected chi connectivity index (χ0v) is 11.9. The van der Waals surface area contributed by atoms with E-state index < -0.39 is 11.9 Å². The second-order valence-corrected chi connectivity index (χ2v) is 4.45. The molecule has 0 unspecified atom stereocenters. The molecule has 0 N–H and O–H groups in total. The predicted molar refractivity (Wildman–Crippen MR) is 76.6 cm³/mol. The highest BCUT2D eigenvalue weighted by atomic mass is 16.5. The zero-order valence-electron chi connectivity index (χ0n) is 11.9. The topological polar surface area (TPSA) is 72.5 Å². The van der Waals surface area contributed by atoms with Crippen LogP contribution in [0.15, 0.2) is 36.9 Å². The summed E-state index contributed by atoms with van der Waals surface area (Å²) in [5.41, 5.74) is 0.136. The summed E-state index contributed by atoms with van der Waals surface area (Å²) < 4.78 is 10.3. The standard InChI is InChI=1S/C16H19O5/c1-2-15(17)21-12-6-4-3-5-11-20-14-9-7-13(8-10-14)16(18)19/h2,7-10H,1,3-6,11-12H2. The quantitative estimate of drug-likeness (QED) is 0.377. The van der Waals surface area contributed by atoms with Crippen molar-refractivity contribution in [3.8, 4) is 5.75 Å². The molecule has 0 spiro atoms. The van der Waals surface area contributed by atoms with Gasteiger partial charge in [0, 0.05) is 6.08 Å². The minimum atomic E-state index is -1.20. The SMILES string of the molecule is C=CC(=O)OCCCCCCOc1ccc(C([O])=O)cc1. The number of unbranched alkanes of at least 4 members (excludes halogenated alkanes) is 3. The fraction of sp³-hybridized carbons (Fsp3) is 0.375. The first-order chi connectivity index (χ1) is 10.1. The van der Waals surface area contributed by atoms with Crippen LogP contribution in [-0.4, -0.2) is 25.2 Å². The summed E-state index contributed by atoms with van der Waals surface area (Å²) in [6, 6.07) is 6.14. The van der Waals surface area contributed by atoms with Gasteiger partial charge in [-0.05, 0) is 49.9 Å². The lowest BCUT2D eigenvalue weighted by molar-refractivity contribution is -0.137. The van der Waals surface area contributed by atoms with Crippen molar-refractivity contribution < 1.29 is 24.2 Å². The van der Waals surface area contributed by atoms with E-state index in [9.17, 15) is 14.7 Å². The lowest BCUT2D eigenvalue weighted by atomic mass is 10.2. The van der Waals surface area contributed by atoms with Crippen molar-refractivity contribution in [3.05, 3.63) is 42.5 Å². The minimum Gasteiger partial charge on any atom is -0.494 e. The van der Waals surface area contributed by atoms with Gasteiger partial charge in [-0.1, -0.05) is 6.58 Å². The number of ether oxygens (including phenoxy) is 2. The maximum atomic E-state index is 10.8. The van der Waals surface area contributed by atoms with E-state index in [0.717, 1.165) is 31.8 Å². The van der Waals surface area contributed by atoms with E-state index in [-0.39, 0.29) is 5.56 Å². The van der Waals surface area contributed by atoms with Crippen molar-refractivity contribution in [1.82, 2.24) is 0 Å². The number of benzene rings is 1. The molecule has 0 amide bonds.